The van der Waals surface area contributed by atoms with E-state index in [1.54, 1.807) is 5.57 Å². The highest BCUT2D eigenvalue weighted by Crippen LogP contribution is 2.29. The Morgan fingerprint density at radius 2 is 2.00 bits per heavy atom. The predicted molar refractivity (Wildman–Crippen MR) is 78.9 cm³/mol. The van der Waals surface area contributed by atoms with E-state index in [-0.39, 0.29) is 0 Å². The number of nitrogens with one attached hydrogen (secondary N) is 1. The van der Waals surface area contributed by atoms with Crippen molar-refractivity contribution in [1.82, 2.24) is 4.98 Å². The Kier molecular flexibility index (Phi) is 3.17. The lowest BCUT2D eigenvalue weighted by Gasteiger charge is -2.19. The van der Waals surface area contributed by atoms with E-state index >= 15 is 0 Å². The largest absolute Gasteiger partial charge is 0.355 e. The van der Waals surface area contributed by atoms with Gasteiger partial charge in [0.1, 0.15) is 0 Å². The summed E-state index contributed by atoms with van der Waals surface area (Å²) in [6, 6.07) is 8.17. The highest BCUT2D eigenvalue weighted by atomic mass is 35.5. The second-order valence-corrected chi connectivity index (χ2v) is 5.88. The smallest absolute Gasteiger partial charge is 0.0459 e. The second kappa shape index (κ2) is 4.81. The quantitative estimate of drug-likeness (QED) is 0.704. The van der Waals surface area contributed by atoms with E-state index in [4.69, 9.17) is 11.6 Å². The molecule has 18 heavy (non-hydrogen) atoms. The molecule has 1 fully saturated rings. The Morgan fingerprint density at radius 1 is 1.22 bits per heavy atom. The first-order chi connectivity index (χ1) is 8.70. The van der Waals surface area contributed by atoms with Gasteiger partial charge in [-0.25, -0.2) is 0 Å². The van der Waals surface area contributed by atoms with Crippen molar-refractivity contribution >= 4 is 28.6 Å². The first-order valence-corrected chi connectivity index (χ1v) is 7.06. The van der Waals surface area contributed by atoms with E-state index in [1.165, 1.54) is 36.8 Å². The fourth-order valence-electron chi connectivity index (χ4n) is 2.70. The van der Waals surface area contributed by atoms with Crippen molar-refractivity contribution in [1.29, 1.82) is 0 Å². The molecule has 3 rings (SSSR count). The summed E-state index contributed by atoms with van der Waals surface area (Å²) in [4.78, 5) is 3.45. The van der Waals surface area contributed by atoms with E-state index in [9.17, 15) is 0 Å². The fourth-order valence-corrected chi connectivity index (χ4v) is 2.88. The molecule has 1 aromatic heterocycles. The maximum atomic E-state index is 6.01. The van der Waals surface area contributed by atoms with Crippen LogP contribution in [0.15, 0.2) is 29.8 Å². The summed E-state index contributed by atoms with van der Waals surface area (Å²) in [5.41, 5.74) is 3.94. The summed E-state index contributed by atoms with van der Waals surface area (Å²) >= 11 is 6.01. The van der Waals surface area contributed by atoms with E-state index < -0.39 is 0 Å². The summed E-state index contributed by atoms with van der Waals surface area (Å²) in [6.07, 6.45) is 7.48. The molecule has 2 aromatic rings. The van der Waals surface area contributed by atoms with Crippen molar-refractivity contribution in [3.05, 3.63) is 40.6 Å². The maximum Gasteiger partial charge on any atom is 0.0459 e. The van der Waals surface area contributed by atoms with Crippen LogP contribution in [-0.2, 0) is 0 Å². The summed E-state index contributed by atoms with van der Waals surface area (Å²) in [5, 5.41) is 1.99. The molecule has 2 heteroatoms. The van der Waals surface area contributed by atoms with Crippen molar-refractivity contribution in [3.8, 4) is 0 Å². The Hall–Kier alpha value is -1.21. The number of aromatic amines is 1. The lowest BCUT2D eigenvalue weighted by molar-refractivity contribution is 0.446. The molecular weight excluding hydrogens is 242 g/mol. The van der Waals surface area contributed by atoms with Crippen LogP contribution in [0, 0.1) is 5.92 Å². The van der Waals surface area contributed by atoms with Crippen LogP contribution in [-0.4, -0.2) is 4.98 Å². The standard InChI is InChI=1S/C16H18ClN/c1-11-2-4-12(5-3-11)8-15-10-13-9-14(17)6-7-16(13)18-15/h6-11,18H,2-5H2,1H3. The van der Waals surface area contributed by atoms with Gasteiger partial charge >= 0.3 is 0 Å². The predicted octanol–water partition coefficient (Wildman–Crippen LogP) is 5.41. The number of hydrogen-bond donors (Lipinski definition) is 1. The van der Waals surface area contributed by atoms with Gasteiger partial charge in [0, 0.05) is 21.6 Å². The van der Waals surface area contributed by atoms with Gasteiger partial charge in [0.15, 0.2) is 0 Å². The summed E-state index contributed by atoms with van der Waals surface area (Å²) in [6.45, 7) is 2.35. The zero-order chi connectivity index (χ0) is 12.5. The second-order valence-electron chi connectivity index (χ2n) is 5.44. The molecule has 1 heterocycles. The van der Waals surface area contributed by atoms with E-state index in [0.717, 1.165) is 16.5 Å². The molecule has 1 saturated carbocycles. The minimum atomic E-state index is 0.798. The van der Waals surface area contributed by atoms with Gasteiger partial charge in [0.05, 0.1) is 0 Å². The number of benzene rings is 1. The average molecular weight is 260 g/mol. The number of allylic oxidation sites excluding steroid dienone is 1. The summed E-state index contributed by atoms with van der Waals surface area (Å²) in [7, 11) is 0. The molecule has 1 aliphatic carbocycles. The van der Waals surface area contributed by atoms with Crippen LogP contribution in [0.1, 0.15) is 38.3 Å². The van der Waals surface area contributed by atoms with Gasteiger partial charge in [-0.05, 0) is 61.9 Å². The van der Waals surface area contributed by atoms with Crippen LogP contribution in [0.4, 0.5) is 0 Å². The third-order valence-electron chi connectivity index (χ3n) is 3.88. The zero-order valence-corrected chi connectivity index (χ0v) is 11.4. The molecule has 0 saturated heterocycles. The van der Waals surface area contributed by atoms with E-state index in [2.05, 4.69) is 24.1 Å². The number of H-pyrrole nitrogens is 1. The highest BCUT2D eigenvalue weighted by Gasteiger charge is 2.12. The Labute approximate surface area is 113 Å². The van der Waals surface area contributed by atoms with Gasteiger partial charge in [0.2, 0.25) is 0 Å². The Bertz CT molecular complexity index is 584. The van der Waals surface area contributed by atoms with Crippen LogP contribution in [0.3, 0.4) is 0 Å². The van der Waals surface area contributed by atoms with Crippen LogP contribution in [0.25, 0.3) is 17.0 Å². The first-order valence-electron chi connectivity index (χ1n) is 6.68. The molecule has 0 amide bonds. The van der Waals surface area contributed by atoms with E-state index in [1.807, 2.05) is 18.2 Å². The topological polar surface area (TPSA) is 15.8 Å². The van der Waals surface area contributed by atoms with Crippen LogP contribution in [0.5, 0.6) is 0 Å². The minimum Gasteiger partial charge on any atom is -0.355 e. The van der Waals surface area contributed by atoms with Crippen LogP contribution in [0.2, 0.25) is 5.02 Å². The van der Waals surface area contributed by atoms with Crippen molar-refractivity contribution in [3.63, 3.8) is 0 Å². The molecule has 0 unspecified atom stereocenters. The molecule has 0 bridgehead atoms. The molecule has 94 valence electrons. The maximum absolute atomic E-state index is 6.01. The lowest BCUT2D eigenvalue weighted by atomic mass is 9.87. The molecule has 0 radical (unpaired) electrons. The molecule has 0 aliphatic heterocycles. The van der Waals surface area contributed by atoms with Crippen molar-refractivity contribution in [2.24, 2.45) is 5.92 Å². The molecule has 1 aliphatic rings. The van der Waals surface area contributed by atoms with Gasteiger partial charge in [0.25, 0.3) is 0 Å². The number of hydrogen-bond acceptors (Lipinski definition) is 0. The van der Waals surface area contributed by atoms with E-state index in [0.29, 0.717) is 0 Å². The number of fused-ring (bicyclic) bond motifs is 1. The third-order valence-corrected chi connectivity index (χ3v) is 4.11. The number of aromatic nitrogens is 1. The molecule has 1 nitrogen and oxygen atoms in total. The van der Waals surface area contributed by atoms with Gasteiger partial charge in [-0.2, -0.15) is 0 Å². The van der Waals surface area contributed by atoms with Gasteiger partial charge in [-0.1, -0.05) is 24.1 Å². The molecule has 1 aromatic carbocycles. The van der Waals surface area contributed by atoms with Crippen molar-refractivity contribution in [2.75, 3.05) is 0 Å². The molecule has 0 spiro atoms. The summed E-state index contributed by atoms with van der Waals surface area (Å²) in [5.74, 6) is 0.892. The van der Waals surface area contributed by atoms with Crippen LogP contribution < -0.4 is 0 Å². The van der Waals surface area contributed by atoms with Crippen molar-refractivity contribution in [2.45, 2.75) is 32.6 Å². The number of rotatable bonds is 1. The molecular formula is C16H18ClN. The fraction of sp³-hybridized carbons (Fsp3) is 0.375. The summed E-state index contributed by atoms with van der Waals surface area (Å²) < 4.78 is 0. The zero-order valence-electron chi connectivity index (χ0n) is 10.7. The Morgan fingerprint density at radius 3 is 2.78 bits per heavy atom. The SMILES string of the molecule is CC1CCC(=Cc2cc3cc(Cl)ccc3[nH]2)CC1. The minimum absolute atomic E-state index is 0.798. The van der Waals surface area contributed by atoms with Crippen molar-refractivity contribution < 1.29 is 0 Å². The average Bonchev–Trinajstić information content (AvgIpc) is 2.73. The lowest BCUT2D eigenvalue weighted by Crippen LogP contribution is -2.03. The Balaban J connectivity index is 1.88. The molecule has 0 atom stereocenters. The van der Waals surface area contributed by atoms with Gasteiger partial charge in [-0.15, -0.1) is 0 Å². The monoisotopic (exact) mass is 259 g/mol. The normalized spacial score (nSPS) is 20.3. The number of halogens is 1. The first kappa shape index (κ1) is 11.9. The third kappa shape index (κ3) is 2.46. The highest BCUT2D eigenvalue weighted by molar-refractivity contribution is 6.31. The van der Waals surface area contributed by atoms with Gasteiger partial charge < -0.3 is 4.98 Å². The van der Waals surface area contributed by atoms with Crippen LogP contribution >= 0.6 is 11.6 Å². The molecule has 1 N–H and O–H groups in total. The van der Waals surface area contributed by atoms with Gasteiger partial charge in [-0.3, -0.25) is 0 Å².